The number of hydrogen-bond acceptors (Lipinski definition) is 11. The van der Waals surface area contributed by atoms with Crippen LogP contribution in [-0.2, 0) is 61.0 Å². The van der Waals surface area contributed by atoms with Gasteiger partial charge >= 0.3 is 8.25 Å². The van der Waals surface area contributed by atoms with Gasteiger partial charge in [-0.1, -0.05) is 66.4 Å². The standard InChI is InChI=1S/C34H28Cl2N8O7P/c35-23-5-7-29-27(13-23)33(47,11-9-21-1-2-21)31(45)43(29)17-25-15-41(39-37-25)19-50-52(49)51-20-42-16-26(38-40-42)18-44-30-8-6-24(36)14-28(30)34(48,32(44)46)12-10-22-3-4-22/h5-8,13-16,21-22,47-48H,1-4,17-20H2/q+1. The van der Waals surface area contributed by atoms with E-state index in [-0.39, 0.29) is 38.4 Å². The van der Waals surface area contributed by atoms with Crippen LogP contribution in [0, 0.1) is 35.5 Å². The first-order valence-corrected chi connectivity index (χ1v) is 18.1. The minimum Gasteiger partial charge on any atom is -0.366 e. The van der Waals surface area contributed by atoms with Gasteiger partial charge in [-0.05, 0) is 62.1 Å². The Bertz CT molecular complexity index is 2110. The highest BCUT2D eigenvalue weighted by Gasteiger charge is 2.51. The average molecular weight is 763 g/mol. The van der Waals surface area contributed by atoms with Crippen LogP contribution in [0.5, 0.6) is 0 Å². The maximum atomic E-state index is 13.4. The molecule has 8 rings (SSSR count). The highest BCUT2D eigenvalue weighted by Crippen LogP contribution is 2.44. The van der Waals surface area contributed by atoms with Crippen molar-refractivity contribution in [1.29, 1.82) is 0 Å². The molecular formula is C34H28Cl2N8O7P+. The molecule has 2 aliphatic carbocycles. The molecular weight excluding hydrogens is 734 g/mol. The van der Waals surface area contributed by atoms with Crippen molar-refractivity contribution in [2.24, 2.45) is 11.8 Å². The Hall–Kier alpha value is -4.70. The number of fused-ring (bicyclic) bond motifs is 2. The Morgan fingerprint density at radius 2 is 1.17 bits per heavy atom. The summed E-state index contributed by atoms with van der Waals surface area (Å²) < 4.78 is 25.6. The number of amides is 2. The van der Waals surface area contributed by atoms with Crippen LogP contribution in [0.4, 0.5) is 11.4 Å². The molecule has 0 spiro atoms. The number of carbonyl (C=O) groups is 2. The number of rotatable bonds is 10. The summed E-state index contributed by atoms with van der Waals surface area (Å²) >= 11 is 12.4. The predicted octanol–water partition coefficient (Wildman–Crippen LogP) is 3.78. The van der Waals surface area contributed by atoms with E-state index >= 15 is 0 Å². The van der Waals surface area contributed by atoms with Crippen molar-refractivity contribution in [2.75, 3.05) is 9.80 Å². The SMILES string of the molecule is O=C1N(Cc2cn(CO[P+](=O)OCn3cc(CN4C(=O)C(O)(C#CC5CC5)c5cc(Cl)ccc54)nn3)nn2)c2ccc(Cl)cc2C1(O)C#CC1CC1. The van der Waals surface area contributed by atoms with Gasteiger partial charge in [-0.25, -0.2) is 9.36 Å². The number of aromatic nitrogens is 6. The van der Waals surface area contributed by atoms with E-state index in [1.54, 1.807) is 24.3 Å². The molecule has 2 amide bonds. The molecule has 18 heteroatoms. The summed E-state index contributed by atoms with van der Waals surface area (Å²) in [5, 5.41) is 39.5. The van der Waals surface area contributed by atoms with Crippen molar-refractivity contribution in [3.05, 3.63) is 81.4 Å². The molecule has 264 valence electrons. The lowest BCUT2D eigenvalue weighted by Crippen LogP contribution is -2.39. The molecule has 2 N–H and O–H groups in total. The lowest BCUT2D eigenvalue weighted by atomic mass is 9.96. The zero-order chi connectivity index (χ0) is 36.2. The Labute approximate surface area is 307 Å². The molecule has 2 saturated carbocycles. The molecule has 2 aliphatic heterocycles. The second kappa shape index (κ2) is 13.4. The van der Waals surface area contributed by atoms with Crippen molar-refractivity contribution in [3.63, 3.8) is 0 Å². The molecule has 2 unspecified atom stereocenters. The highest BCUT2D eigenvalue weighted by atomic mass is 35.5. The van der Waals surface area contributed by atoms with Crippen LogP contribution in [0.15, 0.2) is 48.8 Å². The Balaban J connectivity index is 0.855. The minimum atomic E-state index is -2.64. The fraction of sp³-hybridized carbons (Fsp3) is 0.353. The molecule has 15 nitrogen and oxygen atoms in total. The monoisotopic (exact) mass is 761 g/mol. The smallest absolute Gasteiger partial charge is 0.366 e. The van der Waals surface area contributed by atoms with Crippen molar-refractivity contribution < 1.29 is 33.4 Å². The molecule has 2 aromatic carbocycles. The maximum Gasteiger partial charge on any atom is 0.701 e. The minimum absolute atomic E-state index is 0.0202. The van der Waals surface area contributed by atoms with E-state index in [0.29, 0.717) is 43.9 Å². The van der Waals surface area contributed by atoms with Crippen LogP contribution in [0.1, 0.15) is 48.2 Å². The molecule has 2 aromatic heterocycles. The molecule has 0 radical (unpaired) electrons. The second-order valence-electron chi connectivity index (χ2n) is 12.9. The summed E-state index contributed by atoms with van der Waals surface area (Å²) in [4.78, 5) is 29.6. The van der Waals surface area contributed by atoms with Crippen LogP contribution < -0.4 is 9.80 Å². The van der Waals surface area contributed by atoms with Gasteiger partial charge in [0.05, 0.1) is 36.9 Å². The number of carbonyl (C=O) groups excluding carboxylic acids is 2. The average Bonchev–Trinajstić information content (AvgIpc) is 4.03. The third kappa shape index (κ3) is 6.69. The third-order valence-electron chi connectivity index (χ3n) is 8.86. The maximum absolute atomic E-state index is 13.4. The number of aliphatic hydroxyl groups is 2. The summed E-state index contributed by atoms with van der Waals surface area (Å²) in [5.74, 6) is 10.6. The fourth-order valence-corrected chi connectivity index (χ4v) is 6.70. The van der Waals surface area contributed by atoms with Gasteiger partial charge in [0.1, 0.15) is 11.4 Å². The Morgan fingerprint density at radius 1 is 0.750 bits per heavy atom. The third-order valence-corrected chi connectivity index (χ3v) is 9.98. The Morgan fingerprint density at radius 3 is 1.58 bits per heavy atom. The summed E-state index contributed by atoms with van der Waals surface area (Å²) in [6.45, 7) is -0.606. The first kappa shape index (κ1) is 34.4. The lowest BCUT2D eigenvalue weighted by molar-refractivity contribution is -0.131. The van der Waals surface area contributed by atoms with E-state index in [1.165, 1.54) is 43.7 Å². The van der Waals surface area contributed by atoms with E-state index in [9.17, 15) is 24.4 Å². The summed E-state index contributed by atoms with van der Waals surface area (Å²) in [6, 6.07) is 9.61. The van der Waals surface area contributed by atoms with E-state index in [0.717, 1.165) is 25.7 Å². The van der Waals surface area contributed by atoms with Crippen LogP contribution in [-0.4, -0.2) is 52.0 Å². The van der Waals surface area contributed by atoms with E-state index < -0.39 is 31.3 Å². The second-order valence-corrected chi connectivity index (χ2v) is 14.7. The molecule has 2 fully saturated rings. The van der Waals surface area contributed by atoms with Crippen molar-refractivity contribution in [2.45, 2.75) is 63.4 Å². The fourth-order valence-electron chi connectivity index (χ4n) is 5.85. The summed E-state index contributed by atoms with van der Waals surface area (Å²) in [7, 11) is -2.64. The quantitative estimate of drug-likeness (QED) is 0.178. The van der Waals surface area contributed by atoms with Gasteiger partial charge in [-0.15, -0.1) is 10.2 Å². The first-order chi connectivity index (χ1) is 25.0. The zero-order valence-electron chi connectivity index (χ0n) is 27.1. The molecule has 2 atom stereocenters. The predicted molar refractivity (Wildman–Crippen MR) is 184 cm³/mol. The van der Waals surface area contributed by atoms with Gasteiger partial charge in [-0.2, -0.15) is 0 Å². The van der Waals surface area contributed by atoms with Gasteiger partial charge in [-0.3, -0.25) is 9.59 Å². The van der Waals surface area contributed by atoms with E-state index in [2.05, 4.69) is 44.3 Å². The number of benzene rings is 2. The van der Waals surface area contributed by atoms with Gasteiger partial charge < -0.3 is 20.0 Å². The van der Waals surface area contributed by atoms with E-state index in [1.807, 2.05) is 0 Å². The summed E-state index contributed by atoms with van der Waals surface area (Å²) in [6.07, 6.45) is 6.75. The molecule has 0 saturated heterocycles. The molecule has 4 heterocycles. The lowest BCUT2D eigenvalue weighted by Gasteiger charge is -2.17. The van der Waals surface area contributed by atoms with Crippen LogP contribution >= 0.6 is 31.5 Å². The number of nitrogens with zero attached hydrogens (tertiary/aromatic N) is 8. The summed E-state index contributed by atoms with van der Waals surface area (Å²) in [5.41, 5.74) is -1.76. The van der Waals surface area contributed by atoms with Gasteiger partial charge in [0.25, 0.3) is 11.8 Å². The normalized spacial score (nSPS) is 22.1. The largest absolute Gasteiger partial charge is 0.701 e. The van der Waals surface area contributed by atoms with Crippen LogP contribution in [0.2, 0.25) is 10.0 Å². The Kier molecular flexibility index (Phi) is 8.84. The molecule has 4 aromatic rings. The van der Waals surface area contributed by atoms with Crippen LogP contribution in [0.25, 0.3) is 0 Å². The van der Waals surface area contributed by atoms with Gasteiger partial charge in [0.15, 0.2) is 13.5 Å². The van der Waals surface area contributed by atoms with E-state index in [4.69, 9.17) is 32.2 Å². The van der Waals surface area contributed by atoms with Crippen molar-refractivity contribution in [3.8, 4) is 23.7 Å². The van der Waals surface area contributed by atoms with Crippen molar-refractivity contribution >= 4 is 54.6 Å². The number of hydrogen-bond donors (Lipinski definition) is 2. The number of anilines is 2. The topological polar surface area (TPSA) is 178 Å². The zero-order valence-corrected chi connectivity index (χ0v) is 29.6. The van der Waals surface area contributed by atoms with Gasteiger partial charge in [0.2, 0.25) is 11.2 Å². The molecule has 52 heavy (non-hydrogen) atoms. The van der Waals surface area contributed by atoms with Crippen molar-refractivity contribution in [1.82, 2.24) is 30.0 Å². The first-order valence-electron chi connectivity index (χ1n) is 16.3. The van der Waals surface area contributed by atoms with Gasteiger partial charge in [0, 0.05) is 37.6 Å². The molecule has 0 bridgehead atoms. The number of halogens is 2. The van der Waals surface area contributed by atoms with Crippen LogP contribution in [0.3, 0.4) is 0 Å². The highest BCUT2D eigenvalue weighted by molar-refractivity contribution is 7.33. The molecule has 4 aliphatic rings.